The van der Waals surface area contributed by atoms with Crippen molar-refractivity contribution in [2.45, 2.75) is 25.9 Å². The highest BCUT2D eigenvalue weighted by atomic mass is 19.1. The smallest absolute Gasteiger partial charge is 0.165 e. The number of hydrogen-bond donors (Lipinski definition) is 1. The Bertz CT molecular complexity index is 385. The zero-order chi connectivity index (χ0) is 12.0. The van der Waals surface area contributed by atoms with Crippen molar-refractivity contribution >= 4 is 0 Å². The minimum Gasteiger partial charge on any atom is -0.490 e. The van der Waals surface area contributed by atoms with E-state index in [4.69, 9.17) is 10.00 Å². The van der Waals surface area contributed by atoms with Crippen LogP contribution in [0, 0.1) is 17.1 Å². The molecule has 0 aliphatic carbocycles. The molecule has 0 amide bonds. The molecule has 3 nitrogen and oxygen atoms in total. The molecule has 0 bridgehead atoms. The zero-order valence-corrected chi connectivity index (χ0v) is 9.11. The van der Waals surface area contributed by atoms with Gasteiger partial charge in [0.15, 0.2) is 11.6 Å². The number of aliphatic hydroxyl groups is 1. The highest BCUT2D eigenvalue weighted by molar-refractivity contribution is 5.30. The van der Waals surface area contributed by atoms with Crippen molar-refractivity contribution in [3.63, 3.8) is 0 Å². The fourth-order valence-electron chi connectivity index (χ4n) is 1.23. The second-order valence-corrected chi connectivity index (χ2v) is 3.48. The number of benzene rings is 1. The van der Waals surface area contributed by atoms with Crippen LogP contribution in [0.5, 0.6) is 5.75 Å². The van der Waals surface area contributed by atoms with Crippen molar-refractivity contribution < 1.29 is 14.2 Å². The molecular formula is C12H14FNO2. The Balaban J connectivity index is 2.58. The maximum Gasteiger partial charge on any atom is 0.165 e. The average Bonchev–Trinajstić information content (AvgIpc) is 2.26. The number of ether oxygens (including phenoxy) is 1. The molecule has 1 aromatic carbocycles. The summed E-state index contributed by atoms with van der Waals surface area (Å²) in [6.07, 6.45) is 0.281. The first-order valence-corrected chi connectivity index (χ1v) is 5.12. The van der Waals surface area contributed by atoms with Gasteiger partial charge in [-0.3, -0.25) is 0 Å². The van der Waals surface area contributed by atoms with Crippen molar-refractivity contribution in [2.24, 2.45) is 0 Å². The predicted molar refractivity (Wildman–Crippen MR) is 57.4 cm³/mol. The third kappa shape index (κ3) is 3.52. The number of aliphatic hydroxyl groups excluding tert-OH is 1. The lowest BCUT2D eigenvalue weighted by atomic mass is 10.1. The van der Waals surface area contributed by atoms with Crippen LogP contribution in [0.2, 0.25) is 0 Å². The first-order chi connectivity index (χ1) is 7.65. The van der Waals surface area contributed by atoms with Crippen LogP contribution in [0.3, 0.4) is 0 Å². The highest BCUT2D eigenvalue weighted by Crippen LogP contribution is 2.22. The molecule has 0 aliphatic rings. The van der Waals surface area contributed by atoms with Crippen LogP contribution >= 0.6 is 0 Å². The molecule has 0 aromatic heterocycles. The van der Waals surface area contributed by atoms with Crippen molar-refractivity contribution in [1.82, 2.24) is 0 Å². The zero-order valence-electron chi connectivity index (χ0n) is 9.11. The summed E-state index contributed by atoms with van der Waals surface area (Å²) in [7, 11) is 0. The van der Waals surface area contributed by atoms with Gasteiger partial charge in [-0.15, -0.1) is 0 Å². The molecule has 1 aromatic rings. The van der Waals surface area contributed by atoms with E-state index in [-0.39, 0.29) is 5.75 Å². The fourth-order valence-corrected chi connectivity index (χ4v) is 1.23. The molecule has 1 rings (SSSR count). The van der Waals surface area contributed by atoms with E-state index in [1.165, 1.54) is 12.1 Å². The summed E-state index contributed by atoms with van der Waals surface area (Å²) in [5.41, 5.74) is 0.516. The lowest BCUT2D eigenvalue weighted by Crippen LogP contribution is -2.00. The minimum atomic E-state index is -0.692. The van der Waals surface area contributed by atoms with Gasteiger partial charge in [0.2, 0.25) is 0 Å². The summed E-state index contributed by atoms with van der Waals surface area (Å²) in [6.45, 7) is 1.89. The number of nitrogens with zero attached hydrogens (tertiary/aromatic N) is 1. The Morgan fingerprint density at radius 2 is 2.31 bits per heavy atom. The van der Waals surface area contributed by atoms with Gasteiger partial charge in [0.1, 0.15) is 0 Å². The van der Waals surface area contributed by atoms with Gasteiger partial charge in [-0.05, 0) is 31.0 Å². The molecule has 4 heteroatoms. The highest BCUT2D eigenvalue weighted by Gasteiger charge is 2.07. The number of unbranched alkanes of at least 4 members (excludes halogenated alkanes) is 1. The third-order valence-corrected chi connectivity index (χ3v) is 2.13. The van der Waals surface area contributed by atoms with E-state index in [1.807, 2.05) is 6.07 Å². The normalized spacial score (nSPS) is 11.9. The molecule has 0 spiro atoms. The van der Waals surface area contributed by atoms with Gasteiger partial charge in [-0.2, -0.15) is 5.26 Å². The summed E-state index contributed by atoms with van der Waals surface area (Å²) >= 11 is 0. The van der Waals surface area contributed by atoms with Crippen LogP contribution in [0.1, 0.15) is 31.4 Å². The van der Waals surface area contributed by atoms with Gasteiger partial charge >= 0.3 is 0 Å². The maximum atomic E-state index is 13.4. The summed E-state index contributed by atoms with van der Waals surface area (Å²) in [6, 6.07) is 6.35. The molecule has 0 aliphatic heterocycles. The molecule has 0 fully saturated rings. The molecule has 1 N–H and O–H groups in total. The Labute approximate surface area is 94.1 Å². The van der Waals surface area contributed by atoms with Crippen LogP contribution in [-0.4, -0.2) is 11.7 Å². The van der Waals surface area contributed by atoms with E-state index in [9.17, 15) is 9.50 Å². The van der Waals surface area contributed by atoms with Crippen LogP contribution in [0.15, 0.2) is 18.2 Å². The maximum absolute atomic E-state index is 13.4. The molecule has 86 valence electrons. The molecular weight excluding hydrogens is 209 g/mol. The lowest BCUT2D eigenvalue weighted by Gasteiger charge is -2.09. The molecule has 1 atom stereocenters. The standard InChI is InChI=1S/C12H14FNO2/c1-9(15)10-4-5-12(11(13)8-10)16-7-3-2-6-14/h4-5,8-9,15H,2-3,7H2,1H3/t9-/m0/s1. The fraction of sp³-hybridized carbons (Fsp3) is 0.417. The summed E-state index contributed by atoms with van der Waals surface area (Å²) < 4.78 is 18.6. The average molecular weight is 223 g/mol. The second-order valence-electron chi connectivity index (χ2n) is 3.48. The van der Waals surface area contributed by atoms with Crippen molar-refractivity contribution in [2.75, 3.05) is 6.61 Å². The van der Waals surface area contributed by atoms with Crippen LogP contribution in [0.4, 0.5) is 4.39 Å². The van der Waals surface area contributed by atoms with Gasteiger partial charge in [0.25, 0.3) is 0 Å². The van der Waals surface area contributed by atoms with E-state index in [1.54, 1.807) is 13.0 Å². The van der Waals surface area contributed by atoms with Crippen molar-refractivity contribution in [3.8, 4) is 11.8 Å². The van der Waals surface area contributed by atoms with Crippen molar-refractivity contribution in [1.29, 1.82) is 5.26 Å². The Kier molecular flexibility index (Phi) is 4.74. The van der Waals surface area contributed by atoms with Gasteiger partial charge in [0, 0.05) is 6.42 Å². The molecule has 0 unspecified atom stereocenters. The van der Waals surface area contributed by atoms with Gasteiger partial charge < -0.3 is 9.84 Å². The Morgan fingerprint density at radius 3 is 2.88 bits per heavy atom. The summed E-state index contributed by atoms with van der Waals surface area (Å²) in [5, 5.41) is 17.5. The van der Waals surface area contributed by atoms with Crippen molar-refractivity contribution in [3.05, 3.63) is 29.6 Å². The largest absolute Gasteiger partial charge is 0.490 e. The summed E-state index contributed by atoms with van der Waals surface area (Å²) in [5.74, 6) is -0.335. The lowest BCUT2D eigenvalue weighted by molar-refractivity contribution is 0.198. The number of nitriles is 1. The first-order valence-electron chi connectivity index (χ1n) is 5.12. The van der Waals surface area contributed by atoms with E-state index >= 15 is 0 Å². The summed E-state index contributed by atoms with van der Waals surface area (Å²) in [4.78, 5) is 0. The molecule has 0 radical (unpaired) electrons. The number of halogens is 1. The minimum absolute atomic E-state index is 0.155. The van der Waals surface area contributed by atoms with E-state index in [0.717, 1.165) is 0 Å². The Morgan fingerprint density at radius 1 is 1.56 bits per heavy atom. The van der Waals surface area contributed by atoms with E-state index in [2.05, 4.69) is 0 Å². The molecule has 16 heavy (non-hydrogen) atoms. The SMILES string of the molecule is C[C@H](O)c1ccc(OCCCC#N)c(F)c1. The van der Waals surface area contributed by atoms with Crippen LogP contribution < -0.4 is 4.74 Å². The van der Waals surface area contributed by atoms with Gasteiger partial charge in [-0.1, -0.05) is 6.07 Å². The molecule has 0 saturated heterocycles. The Hall–Kier alpha value is -1.60. The number of rotatable bonds is 5. The second kappa shape index (κ2) is 6.09. The van der Waals surface area contributed by atoms with Crippen LogP contribution in [-0.2, 0) is 0 Å². The topological polar surface area (TPSA) is 53.2 Å². The number of hydrogen-bond acceptors (Lipinski definition) is 3. The quantitative estimate of drug-likeness (QED) is 0.780. The van der Waals surface area contributed by atoms with Gasteiger partial charge in [-0.25, -0.2) is 4.39 Å². The monoisotopic (exact) mass is 223 g/mol. The van der Waals surface area contributed by atoms with E-state index in [0.29, 0.717) is 25.0 Å². The molecule has 0 saturated carbocycles. The predicted octanol–water partition coefficient (Wildman–Crippen LogP) is 2.56. The van der Waals surface area contributed by atoms with E-state index < -0.39 is 11.9 Å². The molecule has 0 heterocycles. The van der Waals surface area contributed by atoms with Gasteiger partial charge in [0.05, 0.1) is 18.8 Å². The third-order valence-electron chi connectivity index (χ3n) is 2.13. The van der Waals surface area contributed by atoms with Crippen LogP contribution in [0.25, 0.3) is 0 Å². The first kappa shape index (κ1) is 12.5.